The third-order valence-electron chi connectivity index (χ3n) is 6.78. The normalized spacial score (nSPS) is 18.6. The smallest absolute Gasteiger partial charge is 0.255 e. The number of H-pyrrole nitrogens is 1. The van der Waals surface area contributed by atoms with Gasteiger partial charge in [-0.3, -0.25) is 9.59 Å². The van der Waals surface area contributed by atoms with Gasteiger partial charge in [-0.2, -0.15) is 0 Å². The Morgan fingerprint density at radius 1 is 1.06 bits per heavy atom. The first-order valence-corrected chi connectivity index (χ1v) is 11.1. The van der Waals surface area contributed by atoms with Crippen molar-refractivity contribution < 1.29 is 14.3 Å². The SMILES string of the molecule is COc1ccc(CNC(=O)[C@@H]2Cc3c([nH]c4ccccc34)[C@@H]3c4ccccc4C(=O)N32)cc1. The Morgan fingerprint density at radius 3 is 2.64 bits per heavy atom. The van der Waals surface area contributed by atoms with Crippen LogP contribution in [-0.4, -0.2) is 34.8 Å². The summed E-state index contributed by atoms with van der Waals surface area (Å²) in [6.45, 7) is 0.389. The minimum atomic E-state index is -0.583. The van der Waals surface area contributed by atoms with E-state index in [1.54, 1.807) is 12.0 Å². The molecule has 2 amide bonds. The second-order valence-corrected chi connectivity index (χ2v) is 8.55. The summed E-state index contributed by atoms with van der Waals surface area (Å²) in [6, 6.07) is 22.5. The van der Waals surface area contributed by atoms with Crippen molar-refractivity contribution in [2.45, 2.75) is 25.0 Å². The van der Waals surface area contributed by atoms with Crippen LogP contribution in [-0.2, 0) is 17.8 Å². The molecule has 0 spiro atoms. The van der Waals surface area contributed by atoms with E-state index in [4.69, 9.17) is 4.74 Å². The monoisotopic (exact) mass is 437 g/mol. The molecule has 0 saturated heterocycles. The predicted molar refractivity (Wildman–Crippen MR) is 125 cm³/mol. The van der Waals surface area contributed by atoms with E-state index in [2.05, 4.69) is 16.4 Å². The maximum Gasteiger partial charge on any atom is 0.255 e. The summed E-state index contributed by atoms with van der Waals surface area (Å²) >= 11 is 0. The van der Waals surface area contributed by atoms with Gasteiger partial charge in [-0.15, -0.1) is 0 Å². The van der Waals surface area contributed by atoms with Crippen molar-refractivity contribution in [1.29, 1.82) is 0 Å². The Morgan fingerprint density at radius 2 is 1.82 bits per heavy atom. The lowest BCUT2D eigenvalue weighted by molar-refractivity contribution is -0.126. The predicted octanol–water partition coefficient (Wildman–Crippen LogP) is 3.96. The van der Waals surface area contributed by atoms with Gasteiger partial charge in [-0.25, -0.2) is 0 Å². The first-order valence-electron chi connectivity index (χ1n) is 11.1. The average Bonchev–Trinajstić information content (AvgIpc) is 3.38. The number of nitrogens with zero attached hydrogens (tertiary/aromatic N) is 1. The number of carbonyl (C=O) groups is 2. The van der Waals surface area contributed by atoms with Crippen molar-refractivity contribution in [2.75, 3.05) is 7.11 Å². The molecule has 0 unspecified atom stereocenters. The van der Waals surface area contributed by atoms with Crippen LogP contribution in [0.2, 0.25) is 0 Å². The van der Waals surface area contributed by atoms with Gasteiger partial charge < -0.3 is 19.9 Å². The fraction of sp³-hybridized carbons (Fsp3) is 0.185. The quantitative estimate of drug-likeness (QED) is 0.508. The molecule has 2 N–H and O–H groups in total. The molecule has 2 atom stereocenters. The molecule has 33 heavy (non-hydrogen) atoms. The molecule has 0 bridgehead atoms. The summed E-state index contributed by atoms with van der Waals surface area (Å²) in [4.78, 5) is 32.2. The van der Waals surface area contributed by atoms with Gasteiger partial charge >= 0.3 is 0 Å². The molecule has 2 aliphatic heterocycles. The molecule has 0 saturated carbocycles. The number of amides is 2. The zero-order chi connectivity index (χ0) is 22.5. The first-order chi connectivity index (χ1) is 16.2. The zero-order valence-electron chi connectivity index (χ0n) is 18.2. The highest BCUT2D eigenvalue weighted by Gasteiger charge is 2.48. The van der Waals surface area contributed by atoms with Crippen LogP contribution in [0, 0.1) is 0 Å². The number of carbonyl (C=O) groups excluding carboxylic acids is 2. The van der Waals surface area contributed by atoms with Gasteiger partial charge in [0, 0.05) is 35.1 Å². The Labute approximate surface area is 191 Å². The third kappa shape index (κ3) is 3.02. The number of methoxy groups -OCH3 is 1. The molecule has 0 radical (unpaired) electrons. The minimum Gasteiger partial charge on any atom is -0.497 e. The van der Waals surface area contributed by atoms with Crippen molar-refractivity contribution in [3.63, 3.8) is 0 Å². The molecule has 3 heterocycles. The van der Waals surface area contributed by atoms with Gasteiger partial charge in [0.25, 0.3) is 5.91 Å². The lowest BCUT2D eigenvalue weighted by atomic mass is 9.90. The molecule has 3 aromatic carbocycles. The highest BCUT2D eigenvalue weighted by Crippen LogP contribution is 2.46. The average molecular weight is 437 g/mol. The number of ether oxygens (including phenoxy) is 1. The van der Waals surface area contributed by atoms with E-state index < -0.39 is 6.04 Å². The molecular formula is C27H23N3O3. The molecule has 1 aromatic heterocycles. The summed E-state index contributed by atoms with van der Waals surface area (Å²) in [5, 5.41) is 4.16. The number of hydrogen-bond donors (Lipinski definition) is 2. The number of nitrogens with one attached hydrogen (secondary N) is 2. The maximum atomic E-state index is 13.5. The molecule has 6 rings (SSSR count). The Kier molecular flexibility index (Phi) is 4.47. The number of para-hydroxylation sites is 1. The van der Waals surface area contributed by atoms with Gasteiger partial charge in [-0.1, -0.05) is 48.5 Å². The Hall–Kier alpha value is -4.06. The largest absolute Gasteiger partial charge is 0.497 e. The molecule has 4 aromatic rings. The second kappa shape index (κ2) is 7.52. The molecule has 2 aliphatic rings. The van der Waals surface area contributed by atoms with Crippen LogP contribution < -0.4 is 10.1 Å². The van der Waals surface area contributed by atoms with E-state index in [1.165, 1.54) is 0 Å². The highest BCUT2D eigenvalue weighted by atomic mass is 16.5. The van der Waals surface area contributed by atoms with E-state index in [0.717, 1.165) is 39.0 Å². The van der Waals surface area contributed by atoms with Gasteiger partial charge in [0.1, 0.15) is 11.8 Å². The Bertz CT molecular complexity index is 1390. The number of rotatable bonds is 4. The topological polar surface area (TPSA) is 74.4 Å². The third-order valence-corrected chi connectivity index (χ3v) is 6.78. The number of aromatic nitrogens is 1. The summed E-state index contributed by atoms with van der Waals surface area (Å²) in [5.41, 5.74) is 5.73. The maximum absolute atomic E-state index is 13.5. The van der Waals surface area contributed by atoms with Gasteiger partial charge in [0.05, 0.1) is 13.2 Å². The summed E-state index contributed by atoms with van der Waals surface area (Å²) < 4.78 is 5.21. The van der Waals surface area contributed by atoms with Crippen LogP contribution in [0.4, 0.5) is 0 Å². The summed E-state index contributed by atoms with van der Waals surface area (Å²) in [5.74, 6) is 0.532. The van der Waals surface area contributed by atoms with E-state index >= 15 is 0 Å². The van der Waals surface area contributed by atoms with Crippen LogP contribution >= 0.6 is 0 Å². The van der Waals surface area contributed by atoms with E-state index in [9.17, 15) is 9.59 Å². The molecular weight excluding hydrogens is 414 g/mol. The minimum absolute atomic E-state index is 0.0931. The van der Waals surface area contributed by atoms with E-state index in [1.807, 2.05) is 66.7 Å². The number of benzene rings is 3. The Balaban J connectivity index is 1.37. The van der Waals surface area contributed by atoms with E-state index in [0.29, 0.717) is 18.5 Å². The fourth-order valence-corrected chi connectivity index (χ4v) is 5.19. The first kappa shape index (κ1) is 19.6. The molecule has 6 heteroatoms. The summed E-state index contributed by atoms with van der Waals surface area (Å²) in [7, 11) is 1.63. The fourth-order valence-electron chi connectivity index (χ4n) is 5.19. The van der Waals surface area contributed by atoms with Crippen molar-refractivity contribution in [1.82, 2.24) is 15.2 Å². The number of aromatic amines is 1. The van der Waals surface area contributed by atoms with Crippen LogP contribution in [0.1, 0.15) is 38.8 Å². The second-order valence-electron chi connectivity index (χ2n) is 8.55. The zero-order valence-corrected chi connectivity index (χ0v) is 18.2. The van der Waals surface area contributed by atoms with Crippen molar-refractivity contribution >= 4 is 22.7 Å². The van der Waals surface area contributed by atoms with Crippen molar-refractivity contribution in [3.8, 4) is 5.75 Å². The lowest BCUT2D eigenvalue weighted by Crippen LogP contribution is -2.52. The van der Waals surface area contributed by atoms with E-state index in [-0.39, 0.29) is 17.9 Å². The van der Waals surface area contributed by atoms with Crippen LogP contribution in [0.3, 0.4) is 0 Å². The van der Waals surface area contributed by atoms with Gasteiger partial charge in [0.15, 0.2) is 0 Å². The van der Waals surface area contributed by atoms with Gasteiger partial charge in [0.2, 0.25) is 5.91 Å². The molecule has 0 fully saturated rings. The highest BCUT2D eigenvalue weighted by molar-refractivity contribution is 6.03. The number of hydrogen-bond acceptors (Lipinski definition) is 3. The van der Waals surface area contributed by atoms with Crippen LogP contribution in [0.15, 0.2) is 72.8 Å². The molecule has 6 nitrogen and oxygen atoms in total. The van der Waals surface area contributed by atoms with Crippen LogP contribution in [0.5, 0.6) is 5.75 Å². The van der Waals surface area contributed by atoms with Crippen molar-refractivity contribution in [3.05, 3.63) is 101 Å². The molecule has 0 aliphatic carbocycles. The molecule has 164 valence electrons. The van der Waals surface area contributed by atoms with Gasteiger partial charge in [-0.05, 0) is 41.0 Å². The van der Waals surface area contributed by atoms with Crippen LogP contribution in [0.25, 0.3) is 10.9 Å². The summed E-state index contributed by atoms with van der Waals surface area (Å²) in [6.07, 6.45) is 0.476. The lowest BCUT2D eigenvalue weighted by Gasteiger charge is -2.37. The number of fused-ring (bicyclic) bond motifs is 7. The van der Waals surface area contributed by atoms with Crippen molar-refractivity contribution in [2.24, 2.45) is 0 Å². The standard InChI is InChI=1S/C27H23N3O3/c1-33-17-12-10-16(11-13-17)15-28-26(31)23-14-21-18-6-4-5-9-22(18)29-24(21)25-19-7-2-3-8-20(19)27(32)30(23)25/h2-13,23,25,29H,14-15H2,1H3,(H,28,31)/t23-,25-/m0/s1.